The van der Waals surface area contributed by atoms with Gasteiger partial charge < -0.3 is 9.84 Å². The lowest BCUT2D eigenvalue weighted by atomic mass is 9.99. The normalized spacial score (nSPS) is 12.8. The van der Waals surface area contributed by atoms with Crippen LogP contribution in [0.2, 0.25) is 0 Å². The molecule has 1 rings (SSSR count). The number of hydrogen-bond donors (Lipinski definition) is 1. The lowest BCUT2D eigenvalue weighted by molar-refractivity contribution is 0.150. The first-order valence-electron chi connectivity index (χ1n) is 6.14. The van der Waals surface area contributed by atoms with E-state index in [0.29, 0.717) is 12.5 Å². The second kappa shape index (κ2) is 7.02. The van der Waals surface area contributed by atoms with Gasteiger partial charge in [0.15, 0.2) is 0 Å². The van der Waals surface area contributed by atoms with E-state index in [-0.39, 0.29) is 0 Å². The van der Waals surface area contributed by atoms with Gasteiger partial charge in [-0.3, -0.25) is 0 Å². The average molecular weight is 301 g/mol. The number of ether oxygens (including phenoxy) is 1. The number of halogens is 1. The molecule has 0 bridgehead atoms. The first-order chi connectivity index (χ1) is 8.04. The van der Waals surface area contributed by atoms with E-state index in [1.165, 1.54) is 0 Å². The van der Waals surface area contributed by atoms with Crippen LogP contribution in [0.4, 0.5) is 0 Å². The molecule has 0 heterocycles. The molecule has 2 nitrogen and oxygen atoms in total. The second-order valence-corrected chi connectivity index (χ2v) is 5.53. The molecule has 0 fully saturated rings. The van der Waals surface area contributed by atoms with Crippen molar-refractivity contribution < 1.29 is 9.84 Å². The van der Waals surface area contributed by atoms with Gasteiger partial charge in [0.1, 0.15) is 5.75 Å². The molecule has 96 valence electrons. The minimum Gasteiger partial charge on any atom is -0.494 e. The van der Waals surface area contributed by atoms with Crippen LogP contribution in [0.15, 0.2) is 22.7 Å². The van der Waals surface area contributed by atoms with Crippen LogP contribution in [0.5, 0.6) is 5.75 Å². The molecule has 0 saturated carbocycles. The summed E-state index contributed by atoms with van der Waals surface area (Å²) in [6, 6.07) is 5.78. The summed E-state index contributed by atoms with van der Waals surface area (Å²) in [7, 11) is 0. The molecule has 17 heavy (non-hydrogen) atoms. The largest absolute Gasteiger partial charge is 0.494 e. The Morgan fingerprint density at radius 2 is 2.06 bits per heavy atom. The maximum atomic E-state index is 10.1. The van der Waals surface area contributed by atoms with E-state index >= 15 is 0 Å². The first-order valence-corrected chi connectivity index (χ1v) is 6.94. The summed E-state index contributed by atoms with van der Waals surface area (Å²) in [6.07, 6.45) is 1.31. The molecule has 0 aliphatic heterocycles. The van der Waals surface area contributed by atoms with Gasteiger partial charge in [-0.1, -0.05) is 36.7 Å². The molecule has 0 aliphatic rings. The summed E-state index contributed by atoms with van der Waals surface area (Å²) >= 11 is 3.47. The second-order valence-electron chi connectivity index (χ2n) is 4.68. The number of aliphatic hydroxyl groups excluding tert-OH is 1. The lowest BCUT2D eigenvalue weighted by Gasteiger charge is -2.16. The quantitative estimate of drug-likeness (QED) is 0.848. The predicted molar refractivity (Wildman–Crippen MR) is 74.3 cm³/mol. The Morgan fingerprint density at radius 3 is 2.65 bits per heavy atom. The minimum absolute atomic E-state index is 0.436. The predicted octanol–water partition coefficient (Wildman–Crippen LogP) is 4.32. The molecule has 1 atom stereocenters. The Hall–Kier alpha value is -0.540. The lowest BCUT2D eigenvalue weighted by Crippen LogP contribution is -2.04. The topological polar surface area (TPSA) is 29.5 Å². The Bertz CT molecular complexity index is 350. The van der Waals surface area contributed by atoms with Crippen LogP contribution >= 0.6 is 15.9 Å². The summed E-state index contributed by atoms with van der Waals surface area (Å²) in [6.45, 7) is 7.00. The molecule has 0 aliphatic carbocycles. The van der Waals surface area contributed by atoms with E-state index in [4.69, 9.17) is 4.74 Å². The summed E-state index contributed by atoms with van der Waals surface area (Å²) in [5.41, 5.74) is 0.910. The first kappa shape index (κ1) is 14.5. The van der Waals surface area contributed by atoms with Crippen LogP contribution in [0, 0.1) is 5.92 Å². The van der Waals surface area contributed by atoms with Gasteiger partial charge in [0.05, 0.1) is 12.7 Å². The van der Waals surface area contributed by atoms with Crippen molar-refractivity contribution in [3.63, 3.8) is 0 Å². The van der Waals surface area contributed by atoms with Crippen LogP contribution in [-0.2, 0) is 0 Å². The van der Waals surface area contributed by atoms with Gasteiger partial charge in [0.2, 0.25) is 0 Å². The van der Waals surface area contributed by atoms with Crippen LogP contribution in [0.25, 0.3) is 0 Å². The number of aliphatic hydroxyl groups is 1. The van der Waals surface area contributed by atoms with Crippen molar-refractivity contribution in [1.29, 1.82) is 0 Å². The van der Waals surface area contributed by atoms with Gasteiger partial charge >= 0.3 is 0 Å². The molecule has 1 aromatic carbocycles. The third-order valence-electron chi connectivity index (χ3n) is 2.49. The Kier molecular flexibility index (Phi) is 6.00. The summed E-state index contributed by atoms with van der Waals surface area (Å²) in [5, 5.41) is 10.1. The van der Waals surface area contributed by atoms with Crippen LogP contribution in [0.3, 0.4) is 0 Å². The molecule has 1 unspecified atom stereocenters. The fraction of sp³-hybridized carbons (Fsp3) is 0.571. The zero-order valence-electron chi connectivity index (χ0n) is 10.7. The molecular formula is C14H21BrO2. The SMILES string of the molecule is CCCOc1ccc(Br)c(C(O)CC(C)C)c1. The van der Waals surface area contributed by atoms with Crippen molar-refractivity contribution in [2.24, 2.45) is 5.92 Å². The number of benzene rings is 1. The van der Waals surface area contributed by atoms with E-state index in [2.05, 4.69) is 36.7 Å². The molecule has 0 amide bonds. The Labute approximate surface area is 112 Å². The van der Waals surface area contributed by atoms with Gasteiger partial charge in [-0.2, -0.15) is 0 Å². The summed E-state index contributed by atoms with van der Waals surface area (Å²) < 4.78 is 6.51. The van der Waals surface area contributed by atoms with Gasteiger partial charge in [0, 0.05) is 4.47 Å². The third-order valence-corrected chi connectivity index (χ3v) is 3.22. The van der Waals surface area contributed by atoms with E-state index in [1.54, 1.807) is 0 Å². The molecular weight excluding hydrogens is 280 g/mol. The van der Waals surface area contributed by atoms with Gasteiger partial charge in [-0.05, 0) is 42.5 Å². The van der Waals surface area contributed by atoms with Crippen molar-refractivity contribution in [3.8, 4) is 5.75 Å². The van der Waals surface area contributed by atoms with E-state index in [1.807, 2.05) is 18.2 Å². The molecule has 0 radical (unpaired) electrons. The molecule has 0 spiro atoms. The molecule has 1 N–H and O–H groups in total. The fourth-order valence-electron chi connectivity index (χ4n) is 1.66. The summed E-state index contributed by atoms with van der Waals surface area (Å²) in [5.74, 6) is 1.30. The van der Waals surface area contributed by atoms with Crippen molar-refractivity contribution in [3.05, 3.63) is 28.2 Å². The van der Waals surface area contributed by atoms with E-state index in [0.717, 1.165) is 28.6 Å². The monoisotopic (exact) mass is 300 g/mol. The number of hydrogen-bond acceptors (Lipinski definition) is 2. The zero-order valence-corrected chi connectivity index (χ0v) is 12.3. The van der Waals surface area contributed by atoms with Gasteiger partial charge in [-0.25, -0.2) is 0 Å². The third kappa shape index (κ3) is 4.68. The highest BCUT2D eigenvalue weighted by molar-refractivity contribution is 9.10. The van der Waals surface area contributed by atoms with E-state index in [9.17, 15) is 5.11 Å². The molecule has 0 aromatic heterocycles. The van der Waals surface area contributed by atoms with Crippen molar-refractivity contribution in [2.45, 2.75) is 39.7 Å². The van der Waals surface area contributed by atoms with Crippen LogP contribution in [-0.4, -0.2) is 11.7 Å². The van der Waals surface area contributed by atoms with Gasteiger partial charge in [-0.15, -0.1) is 0 Å². The zero-order chi connectivity index (χ0) is 12.8. The highest BCUT2D eigenvalue weighted by Crippen LogP contribution is 2.31. The average Bonchev–Trinajstić information content (AvgIpc) is 2.27. The number of rotatable bonds is 6. The standard InChI is InChI=1S/C14H21BrO2/c1-4-7-17-11-5-6-13(15)12(9-11)14(16)8-10(2)3/h5-6,9-10,14,16H,4,7-8H2,1-3H3. The summed E-state index contributed by atoms with van der Waals surface area (Å²) in [4.78, 5) is 0. The smallest absolute Gasteiger partial charge is 0.119 e. The Balaban J connectivity index is 2.81. The van der Waals surface area contributed by atoms with Crippen LogP contribution in [0.1, 0.15) is 45.3 Å². The van der Waals surface area contributed by atoms with Crippen molar-refractivity contribution >= 4 is 15.9 Å². The van der Waals surface area contributed by atoms with Crippen molar-refractivity contribution in [2.75, 3.05) is 6.61 Å². The molecule has 3 heteroatoms. The highest BCUT2D eigenvalue weighted by Gasteiger charge is 2.14. The highest BCUT2D eigenvalue weighted by atomic mass is 79.9. The Morgan fingerprint density at radius 1 is 1.35 bits per heavy atom. The van der Waals surface area contributed by atoms with E-state index < -0.39 is 6.10 Å². The molecule has 1 aromatic rings. The van der Waals surface area contributed by atoms with Crippen LogP contribution < -0.4 is 4.74 Å². The molecule has 0 saturated heterocycles. The minimum atomic E-state index is -0.436. The maximum absolute atomic E-state index is 10.1. The van der Waals surface area contributed by atoms with Crippen molar-refractivity contribution in [1.82, 2.24) is 0 Å². The maximum Gasteiger partial charge on any atom is 0.119 e. The van der Waals surface area contributed by atoms with Gasteiger partial charge in [0.25, 0.3) is 0 Å². The fourth-order valence-corrected chi connectivity index (χ4v) is 2.17.